The summed E-state index contributed by atoms with van der Waals surface area (Å²) < 4.78 is 0. The number of hydrogen-bond acceptors (Lipinski definition) is 4. The monoisotopic (exact) mass is 305 g/mol. The standard InChI is InChI=1S/C17H27N3O2/c18-9-6-17(22)19-12-14-7-10-20(11-8-14)13-16(21)15-4-2-1-3-5-15/h1-5,14,16,21H,6-13,18H2,(H,19,22). The lowest BCUT2D eigenvalue weighted by atomic mass is 9.96. The van der Waals surface area contributed by atoms with Gasteiger partial charge in [-0.2, -0.15) is 0 Å². The summed E-state index contributed by atoms with van der Waals surface area (Å²) >= 11 is 0. The summed E-state index contributed by atoms with van der Waals surface area (Å²) in [6.45, 7) is 3.77. The van der Waals surface area contributed by atoms with Crippen molar-refractivity contribution in [2.75, 3.05) is 32.7 Å². The first-order valence-electron chi connectivity index (χ1n) is 8.11. The second-order valence-corrected chi connectivity index (χ2v) is 6.01. The number of aliphatic hydroxyl groups is 1. The minimum Gasteiger partial charge on any atom is -0.387 e. The number of hydrogen-bond donors (Lipinski definition) is 3. The lowest BCUT2D eigenvalue weighted by Crippen LogP contribution is -2.40. The highest BCUT2D eigenvalue weighted by atomic mass is 16.3. The van der Waals surface area contributed by atoms with E-state index in [9.17, 15) is 9.90 Å². The average Bonchev–Trinajstić information content (AvgIpc) is 2.55. The molecule has 0 radical (unpaired) electrons. The first-order chi connectivity index (χ1) is 10.7. The highest BCUT2D eigenvalue weighted by Gasteiger charge is 2.21. The molecule has 1 aliphatic heterocycles. The molecule has 2 rings (SSSR count). The Morgan fingerprint density at radius 2 is 2.00 bits per heavy atom. The van der Waals surface area contributed by atoms with Crippen molar-refractivity contribution in [3.8, 4) is 0 Å². The summed E-state index contributed by atoms with van der Waals surface area (Å²) in [5.41, 5.74) is 6.33. The maximum Gasteiger partial charge on any atom is 0.221 e. The Morgan fingerprint density at radius 1 is 1.32 bits per heavy atom. The quantitative estimate of drug-likeness (QED) is 0.699. The van der Waals surface area contributed by atoms with Crippen LogP contribution in [0.25, 0.3) is 0 Å². The van der Waals surface area contributed by atoms with Crippen LogP contribution in [0.1, 0.15) is 30.9 Å². The first-order valence-corrected chi connectivity index (χ1v) is 8.11. The molecule has 5 heteroatoms. The minimum absolute atomic E-state index is 0.0458. The number of benzene rings is 1. The van der Waals surface area contributed by atoms with Gasteiger partial charge in [0.05, 0.1) is 6.10 Å². The van der Waals surface area contributed by atoms with E-state index in [0.29, 0.717) is 25.4 Å². The molecule has 0 aromatic heterocycles. The van der Waals surface area contributed by atoms with Gasteiger partial charge in [0.15, 0.2) is 0 Å². The molecular formula is C17H27N3O2. The van der Waals surface area contributed by atoms with Crippen LogP contribution in [0.15, 0.2) is 30.3 Å². The molecule has 0 aliphatic carbocycles. The summed E-state index contributed by atoms with van der Waals surface area (Å²) in [4.78, 5) is 13.7. The van der Waals surface area contributed by atoms with Gasteiger partial charge in [0.2, 0.25) is 5.91 Å². The second kappa shape index (κ2) is 8.88. The molecular weight excluding hydrogens is 278 g/mol. The molecule has 122 valence electrons. The second-order valence-electron chi connectivity index (χ2n) is 6.01. The summed E-state index contributed by atoms with van der Waals surface area (Å²) in [6, 6.07) is 9.79. The van der Waals surface area contributed by atoms with Gasteiger partial charge in [-0.05, 0) is 37.4 Å². The fourth-order valence-corrected chi connectivity index (χ4v) is 2.88. The summed E-state index contributed by atoms with van der Waals surface area (Å²) in [5.74, 6) is 0.580. The van der Waals surface area contributed by atoms with E-state index in [1.807, 2.05) is 30.3 Å². The van der Waals surface area contributed by atoms with Crippen LogP contribution in [0.4, 0.5) is 0 Å². The molecule has 5 nitrogen and oxygen atoms in total. The van der Waals surface area contributed by atoms with Crippen molar-refractivity contribution in [3.63, 3.8) is 0 Å². The van der Waals surface area contributed by atoms with Gasteiger partial charge in [0.1, 0.15) is 0 Å². The lowest BCUT2D eigenvalue weighted by molar-refractivity contribution is -0.121. The Hall–Kier alpha value is -1.43. The normalized spacial score (nSPS) is 18.1. The van der Waals surface area contributed by atoms with Crippen LogP contribution in [-0.4, -0.2) is 48.6 Å². The number of piperidine rings is 1. The number of amides is 1. The number of nitrogens with two attached hydrogens (primary N) is 1. The fraction of sp³-hybridized carbons (Fsp3) is 0.588. The lowest BCUT2D eigenvalue weighted by Gasteiger charge is -2.33. The molecule has 0 bridgehead atoms. The molecule has 1 aromatic rings. The van der Waals surface area contributed by atoms with Crippen molar-refractivity contribution in [2.24, 2.45) is 11.7 Å². The van der Waals surface area contributed by atoms with Gasteiger partial charge >= 0.3 is 0 Å². The topological polar surface area (TPSA) is 78.6 Å². The molecule has 1 fully saturated rings. The maximum absolute atomic E-state index is 11.4. The van der Waals surface area contributed by atoms with Crippen LogP contribution < -0.4 is 11.1 Å². The minimum atomic E-state index is -0.429. The SMILES string of the molecule is NCCC(=O)NCC1CCN(CC(O)c2ccccc2)CC1. The van der Waals surface area contributed by atoms with E-state index >= 15 is 0 Å². The molecule has 1 saturated heterocycles. The molecule has 1 heterocycles. The highest BCUT2D eigenvalue weighted by Crippen LogP contribution is 2.20. The van der Waals surface area contributed by atoms with Crippen LogP contribution >= 0.6 is 0 Å². The Kier molecular flexibility index (Phi) is 6.83. The molecule has 22 heavy (non-hydrogen) atoms. The number of likely N-dealkylation sites (tertiary alicyclic amines) is 1. The van der Waals surface area contributed by atoms with Gasteiger partial charge in [-0.3, -0.25) is 4.79 Å². The Morgan fingerprint density at radius 3 is 2.64 bits per heavy atom. The Bertz CT molecular complexity index is 444. The Labute approximate surface area is 132 Å². The number of nitrogens with zero attached hydrogens (tertiary/aromatic N) is 1. The molecule has 1 atom stereocenters. The van der Waals surface area contributed by atoms with Crippen LogP contribution in [0.5, 0.6) is 0 Å². The zero-order valence-corrected chi connectivity index (χ0v) is 13.1. The predicted molar refractivity (Wildman–Crippen MR) is 87.2 cm³/mol. The van der Waals surface area contributed by atoms with Gasteiger partial charge < -0.3 is 21.1 Å². The van der Waals surface area contributed by atoms with Crippen molar-refractivity contribution in [3.05, 3.63) is 35.9 Å². The van der Waals surface area contributed by atoms with E-state index in [-0.39, 0.29) is 5.91 Å². The van der Waals surface area contributed by atoms with E-state index < -0.39 is 6.10 Å². The van der Waals surface area contributed by atoms with Crippen LogP contribution in [-0.2, 0) is 4.79 Å². The molecule has 4 N–H and O–H groups in total. The van der Waals surface area contributed by atoms with Gasteiger partial charge in [-0.25, -0.2) is 0 Å². The van der Waals surface area contributed by atoms with Gasteiger partial charge in [-0.1, -0.05) is 30.3 Å². The van der Waals surface area contributed by atoms with E-state index in [2.05, 4.69) is 10.2 Å². The third-order valence-corrected chi connectivity index (χ3v) is 4.28. The van der Waals surface area contributed by atoms with Crippen molar-refractivity contribution >= 4 is 5.91 Å². The molecule has 1 aliphatic rings. The predicted octanol–water partition coefficient (Wildman–Crippen LogP) is 0.897. The number of carbonyl (C=O) groups is 1. The first kappa shape index (κ1) is 16.9. The molecule has 1 unspecified atom stereocenters. The molecule has 1 aromatic carbocycles. The largest absolute Gasteiger partial charge is 0.387 e. The maximum atomic E-state index is 11.4. The third kappa shape index (κ3) is 5.40. The summed E-state index contributed by atoms with van der Waals surface area (Å²) in [7, 11) is 0. The molecule has 0 saturated carbocycles. The third-order valence-electron chi connectivity index (χ3n) is 4.28. The Balaban J connectivity index is 1.68. The number of carbonyl (C=O) groups excluding carboxylic acids is 1. The van der Waals surface area contributed by atoms with Gasteiger partial charge in [-0.15, -0.1) is 0 Å². The fourth-order valence-electron chi connectivity index (χ4n) is 2.88. The number of rotatable bonds is 7. The van der Waals surface area contributed by atoms with Crippen molar-refractivity contribution < 1.29 is 9.90 Å². The average molecular weight is 305 g/mol. The summed E-state index contributed by atoms with van der Waals surface area (Å²) in [6.07, 6.45) is 2.10. The van der Waals surface area contributed by atoms with Crippen molar-refractivity contribution in [1.29, 1.82) is 0 Å². The van der Waals surface area contributed by atoms with Gasteiger partial charge in [0.25, 0.3) is 0 Å². The smallest absolute Gasteiger partial charge is 0.221 e. The molecule has 0 spiro atoms. The van der Waals surface area contributed by atoms with Crippen LogP contribution in [0.2, 0.25) is 0 Å². The van der Waals surface area contributed by atoms with Crippen molar-refractivity contribution in [2.45, 2.75) is 25.4 Å². The number of β-amino-alcohol motifs (C(OH)–C–C–N with tert-alkyl or cyclic N) is 1. The van der Waals surface area contributed by atoms with E-state index in [4.69, 9.17) is 5.73 Å². The number of nitrogens with one attached hydrogen (secondary N) is 1. The zero-order chi connectivity index (χ0) is 15.8. The van der Waals surface area contributed by atoms with E-state index in [1.165, 1.54) is 0 Å². The number of aliphatic hydroxyl groups excluding tert-OH is 1. The van der Waals surface area contributed by atoms with Crippen LogP contribution in [0, 0.1) is 5.92 Å². The zero-order valence-electron chi connectivity index (χ0n) is 13.1. The van der Waals surface area contributed by atoms with E-state index in [0.717, 1.165) is 38.0 Å². The van der Waals surface area contributed by atoms with Crippen molar-refractivity contribution in [1.82, 2.24) is 10.2 Å². The van der Waals surface area contributed by atoms with Gasteiger partial charge in [0, 0.05) is 26.1 Å². The molecule has 1 amide bonds. The van der Waals surface area contributed by atoms with E-state index in [1.54, 1.807) is 0 Å². The summed E-state index contributed by atoms with van der Waals surface area (Å²) in [5, 5.41) is 13.2. The highest BCUT2D eigenvalue weighted by molar-refractivity contribution is 5.75. The van der Waals surface area contributed by atoms with Crippen LogP contribution in [0.3, 0.4) is 0 Å².